The lowest BCUT2D eigenvalue weighted by Crippen LogP contribution is -2.16. The average molecular weight is 472 g/mol. The molecule has 0 N–H and O–H groups in total. The monoisotopic (exact) mass is 471 g/mol. The lowest BCUT2D eigenvalue weighted by Gasteiger charge is -2.12. The molecule has 0 unspecified atom stereocenters. The maximum absolute atomic E-state index is 13.1. The number of ether oxygens (including phenoxy) is 1. The Morgan fingerprint density at radius 1 is 1.09 bits per heavy atom. The van der Waals surface area contributed by atoms with E-state index in [1.807, 2.05) is 19.1 Å². The highest BCUT2D eigenvalue weighted by Gasteiger charge is 2.27. The van der Waals surface area contributed by atoms with Gasteiger partial charge >= 0.3 is 16.1 Å². The minimum atomic E-state index is -4.42. The number of benzene rings is 3. The van der Waals surface area contributed by atoms with Crippen LogP contribution in [0.25, 0.3) is 22.6 Å². The van der Waals surface area contributed by atoms with Crippen molar-refractivity contribution in [2.75, 3.05) is 6.61 Å². The predicted octanol–water partition coefficient (Wildman–Crippen LogP) is 5.40. The normalized spacial score (nSPS) is 11.5. The Kier molecular flexibility index (Phi) is 5.90. The summed E-state index contributed by atoms with van der Waals surface area (Å²) in [5.41, 5.74) is 2.32. The van der Waals surface area contributed by atoms with Crippen LogP contribution in [0.2, 0.25) is 5.02 Å². The van der Waals surface area contributed by atoms with Crippen molar-refractivity contribution < 1.29 is 26.5 Å². The molecule has 0 spiro atoms. The number of hydrogen-bond acceptors (Lipinski definition) is 7. The van der Waals surface area contributed by atoms with Crippen LogP contribution in [-0.4, -0.2) is 26.0 Å². The fourth-order valence-electron chi connectivity index (χ4n) is 3.11. The van der Waals surface area contributed by atoms with E-state index in [4.69, 9.17) is 24.9 Å². The van der Waals surface area contributed by atoms with Crippen molar-refractivity contribution in [2.24, 2.45) is 0 Å². The topological polar surface area (TPSA) is 95.7 Å². The molecule has 4 rings (SSSR count). The first-order chi connectivity index (χ1) is 15.3. The molecule has 0 atom stereocenters. The molecule has 9 heteroatoms. The van der Waals surface area contributed by atoms with Gasteiger partial charge in [-0.1, -0.05) is 29.8 Å². The lowest BCUT2D eigenvalue weighted by molar-refractivity contribution is 0.0521. The second-order valence-corrected chi connectivity index (χ2v) is 8.84. The molecule has 0 saturated heterocycles. The second-order valence-electron chi connectivity index (χ2n) is 6.88. The zero-order valence-electron chi connectivity index (χ0n) is 17.2. The van der Waals surface area contributed by atoms with Crippen molar-refractivity contribution >= 4 is 38.8 Å². The molecule has 1 aromatic heterocycles. The first kappa shape index (κ1) is 21.9. The van der Waals surface area contributed by atoms with Crippen molar-refractivity contribution in [3.63, 3.8) is 0 Å². The molecule has 0 fully saturated rings. The number of fused-ring (bicyclic) bond motifs is 1. The van der Waals surface area contributed by atoms with Crippen molar-refractivity contribution in [1.29, 1.82) is 0 Å². The fraction of sp³-hybridized carbons (Fsp3) is 0.130. The van der Waals surface area contributed by atoms with Gasteiger partial charge in [-0.3, -0.25) is 0 Å². The summed E-state index contributed by atoms with van der Waals surface area (Å²) in [5, 5.41) is 0.254. The van der Waals surface area contributed by atoms with Crippen LogP contribution in [0.15, 0.2) is 70.0 Å². The molecule has 3 aromatic carbocycles. The number of carbonyl (C=O) groups is 1. The Morgan fingerprint density at radius 3 is 2.66 bits per heavy atom. The van der Waals surface area contributed by atoms with Crippen LogP contribution in [0.1, 0.15) is 22.8 Å². The minimum absolute atomic E-state index is 0.0839. The van der Waals surface area contributed by atoms with E-state index in [2.05, 4.69) is 4.98 Å². The van der Waals surface area contributed by atoms with Gasteiger partial charge < -0.3 is 13.3 Å². The standard InChI is InChI=1S/C23H18ClNO6S/c1-3-29-23(26)17-6-4-5-7-21(17)32(27,28)31-19-13-15(24)9-10-16(19)22-25-18-11-8-14(2)12-20(18)30-22/h4-13H,3H2,1-2H3. The van der Waals surface area contributed by atoms with Gasteiger partial charge in [-0.15, -0.1) is 0 Å². The molecule has 1 heterocycles. The molecular formula is C23H18ClNO6S. The summed E-state index contributed by atoms with van der Waals surface area (Å²) in [4.78, 5) is 16.4. The van der Waals surface area contributed by atoms with Crippen LogP contribution in [0.5, 0.6) is 5.75 Å². The van der Waals surface area contributed by atoms with E-state index in [0.29, 0.717) is 16.7 Å². The maximum atomic E-state index is 13.1. The summed E-state index contributed by atoms with van der Waals surface area (Å²) in [7, 11) is -4.42. The number of nitrogens with zero attached hydrogens (tertiary/aromatic N) is 1. The number of oxazole rings is 1. The third-order valence-corrected chi connectivity index (χ3v) is 6.10. The molecule has 164 valence electrons. The summed E-state index contributed by atoms with van der Waals surface area (Å²) in [5.74, 6) is -0.679. The highest BCUT2D eigenvalue weighted by atomic mass is 35.5. The first-order valence-corrected chi connectivity index (χ1v) is 11.4. The van der Waals surface area contributed by atoms with Crippen LogP contribution < -0.4 is 4.18 Å². The minimum Gasteiger partial charge on any atom is -0.462 e. The van der Waals surface area contributed by atoms with Crippen molar-refractivity contribution in [1.82, 2.24) is 4.98 Å². The zero-order valence-corrected chi connectivity index (χ0v) is 18.7. The number of aromatic nitrogens is 1. The predicted molar refractivity (Wildman–Crippen MR) is 119 cm³/mol. The van der Waals surface area contributed by atoms with Crippen LogP contribution >= 0.6 is 11.6 Å². The van der Waals surface area contributed by atoms with Gasteiger partial charge in [0.05, 0.1) is 17.7 Å². The van der Waals surface area contributed by atoms with E-state index in [1.165, 1.54) is 30.3 Å². The zero-order chi connectivity index (χ0) is 22.9. The average Bonchev–Trinajstić information content (AvgIpc) is 3.16. The molecule has 4 aromatic rings. The molecule has 0 amide bonds. The third kappa shape index (κ3) is 4.32. The summed E-state index contributed by atoms with van der Waals surface area (Å²) >= 11 is 6.10. The van der Waals surface area contributed by atoms with E-state index in [9.17, 15) is 13.2 Å². The summed E-state index contributed by atoms with van der Waals surface area (Å²) in [6.07, 6.45) is 0. The molecule has 0 aliphatic heterocycles. The van der Waals surface area contributed by atoms with Gasteiger partial charge in [-0.25, -0.2) is 9.78 Å². The summed E-state index contributed by atoms with van der Waals surface area (Å²) < 4.78 is 42.5. The Bertz CT molecular complexity index is 1430. The number of hydrogen-bond donors (Lipinski definition) is 0. The maximum Gasteiger partial charge on any atom is 0.340 e. The van der Waals surface area contributed by atoms with E-state index in [1.54, 1.807) is 25.1 Å². The Balaban J connectivity index is 1.78. The van der Waals surface area contributed by atoms with Gasteiger partial charge in [0.2, 0.25) is 5.89 Å². The number of carbonyl (C=O) groups excluding carboxylic acids is 1. The van der Waals surface area contributed by atoms with E-state index >= 15 is 0 Å². The number of halogens is 1. The summed E-state index contributed by atoms with van der Waals surface area (Å²) in [6.45, 7) is 3.65. The smallest absolute Gasteiger partial charge is 0.340 e. The molecule has 32 heavy (non-hydrogen) atoms. The largest absolute Gasteiger partial charge is 0.462 e. The molecule has 0 radical (unpaired) electrons. The van der Waals surface area contributed by atoms with E-state index in [-0.39, 0.29) is 33.7 Å². The van der Waals surface area contributed by atoms with Gasteiger partial charge in [0, 0.05) is 11.1 Å². The first-order valence-electron chi connectivity index (χ1n) is 9.66. The lowest BCUT2D eigenvalue weighted by atomic mass is 10.2. The Hall–Kier alpha value is -3.36. The van der Waals surface area contributed by atoms with Gasteiger partial charge in [0.25, 0.3) is 0 Å². The fourth-order valence-corrected chi connectivity index (χ4v) is 4.41. The number of rotatable bonds is 6. The van der Waals surface area contributed by atoms with E-state index in [0.717, 1.165) is 5.56 Å². The van der Waals surface area contributed by atoms with Crippen molar-refractivity contribution in [2.45, 2.75) is 18.7 Å². The highest BCUT2D eigenvalue weighted by molar-refractivity contribution is 7.87. The molecule has 0 aliphatic rings. The third-order valence-electron chi connectivity index (χ3n) is 4.57. The van der Waals surface area contributed by atoms with Gasteiger partial charge in [0.15, 0.2) is 11.3 Å². The number of esters is 1. The molecular weight excluding hydrogens is 454 g/mol. The quantitative estimate of drug-likeness (QED) is 0.274. The van der Waals surface area contributed by atoms with Crippen LogP contribution in [0, 0.1) is 6.92 Å². The second kappa shape index (κ2) is 8.64. The molecule has 0 bridgehead atoms. The van der Waals surface area contributed by atoms with Gasteiger partial charge in [-0.2, -0.15) is 8.42 Å². The SMILES string of the molecule is CCOC(=O)c1ccccc1S(=O)(=O)Oc1cc(Cl)ccc1-c1nc2ccc(C)cc2o1. The van der Waals surface area contributed by atoms with Crippen LogP contribution in [-0.2, 0) is 14.9 Å². The van der Waals surface area contributed by atoms with Crippen molar-refractivity contribution in [3.8, 4) is 17.2 Å². The van der Waals surface area contributed by atoms with Crippen molar-refractivity contribution in [3.05, 3.63) is 76.8 Å². The van der Waals surface area contributed by atoms with Crippen LogP contribution in [0.4, 0.5) is 0 Å². The molecule has 7 nitrogen and oxygen atoms in total. The Morgan fingerprint density at radius 2 is 1.88 bits per heavy atom. The van der Waals surface area contributed by atoms with Gasteiger partial charge in [-0.05, 0) is 55.8 Å². The van der Waals surface area contributed by atoms with Crippen LogP contribution in [0.3, 0.4) is 0 Å². The molecule has 0 saturated carbocycles. The Labute approximate surface area is 189 Å². The van der Waals surface area contributed by atoms with Gasteiger partial charge in [0.1, 0.15) is 10.4 Å². The number of aryl methyl sites for hydroxylation is 1. The summed E-state index contributed by atoms with van der Waals surface area (Å²) in [6, 6.07) is 15.7. The molecule has 0 aliphatic carbocycles. The highest BCUT2D eigenvalue weighted by Crippen LogP contribution is 2.36. The van der Waals surface area contributed by atoms with E-state index < -0.39 is 16.1 Å².